The first-order chi connectivity index (χ1) is 14.1. The molecule has 1 atom stereocenters. The van der Waals surface area contributed by atoms with E-state index in [0.29, 0.717) is 5.75 Å². The lowest BCUT2D eigenvalue weighted by Crippen LogP contribution is -2.32. The van der Waals surface area contributed by atoms with E-state index < -0.39 is 17.7 Å². The van der Waals surface area contributed by atoms with Crippen LogP contribution in [0.15, 0.2) is 48.5 Å². The number of alkyl halides is 3. The highest BCUT2D eigenvalue weighted by Crippen LogP contribution is 2.33. The normalized spacial score (nSPS) is 16.8. The van der Waals surface area contributed by atoms with E-state index >= 15 is 0 Å². The molecule has 1 N–H and O–H groups in total. The number of anilines is 1. The molecule has 0 aromatic heterocycles. The van der Waals surface area contributed by atoms with Crippen molar-refractivity contribution < 1.29 is 27.5 Å². The minimum Gasteiger partial charge on any atom is -0.491 e. The first-order valence-corrected chi connectivity index (χ1v) is 9.65. The molecule has 160 valence electrons. The van der Waals surface area contributed by atoms with Gasteiger partial charge in [-0.1, -0.05) is 24.3 Å². The van der Waals surface area contributed by atoms with Gasteiger partial charge in [0.2, 0.25) is 11.8 Å². The Morgan fingerprint density at radius 1 is 1.20 bits per heavy atom. The lowest BCUT2D eigenvalue weighted by Gasteiger charge is -2.18. The number of ether oxygens (including phenoxy) is 1. The Kier molecular flexibility index (Phi) is 6.34. The van der Waals surface area contributed by atoms with Crippen molar-refractivity contribution in [2.75, 3.05) is 11.4 Å². The van der Waals surface area contributed by atoms with Crippen molar-refractivity contribution in [3.8, 4) is 5.75 Å². The summed E-state index contributed by atoms with van der Waals surface area (Å²) in [6.45, 7) is 4.08. The van der Waals surface area contributed by atoms with E-state index in [1.807, 2.05) is 38.1 Å². The maximum atomic E-state index is 13.0. The summed E-state index contributed by atoms with van der Waals surface area (Å²) in [5.41, 5.74) is 0.113. The van der Waals surface area contributed by atoms with Gasteiger partial charge in [-0.2, -0.15) is 13.2 Å². The van der Waals surface area contributed by atoms with Crippen molar-refractivity contribution in [1.29, 1.82) is 0 Å². The predicted octanol–water partition coefficient (Wildman–Crippen LogP) is 4.16. The summed E-state index contributed by atoms with van der Waals surface area (Å²) in [5, 5.41) is 2.80. The molecular weight excluding hydrogens is 397 g/mol. The summed E-state index contributed by atoms with van der Waals surface area (Å²) in [7, 11) is 0. The van der Waals surface area contributed by atoms with Gasteiger partial charge in [-0.25, -0.2) is 0 Å². The molecule has 1 aliphatic rings. The minimum atomic E-state index is -4.50. The van der Waals surface area contributed by atoms with E-state index in [0.717, 1.165) is 17.7 Å². The number of rotatable bonds is 6. The van der Waals surface area contributed by atoms with Crippen LogP contribution in [0, 0.1) is 5.92 Å². The Hall–Kier alpha value is -3.03. The van der Waals surface area contributed by atoms with Crippen molar-refractivity contribution in [3.05, 3.63) is 59.7 Å². The van der Waals surface area contributed by atoms with Crippen LogP contribution >= 0.6 is 0 Å². The molecule has 0 aliphatic carbocycles. The van der Waals surface area contributed by atoms with Gasteiger partial charge >= 0.3 is 6.18 Å². The van der Waals surface area contributed by atoms with E-state index in [4.69, 9.17) is 4.74 Å². The SMILES string of the molecule is CC(C)Oc1ccccc1CNC(=O)[C@@H]1CC(=O)N(c2cccc(C(F)(F)F)c2)C1. The van der Waals surface area contributed by atoms with Gasteiger partial charge in [-0.05, 0) is 38.1 Å². The standard InChI is InChI=1S/C22H23F3N2O3/c1-14(2)30-19-9-4-3-6-15(19)12-26-21(29)16-10-20(28)27(13-16)18-8-5-7-17(11-18)22(23,24)25/h3-9,11,14,16H,10,12-13H2,1-2H3,(H,26,29)/t16-/m1/s1. The molecule has 0 spiro atoms. The van der Waals surface area contributed by atoms with Gasteiger partial charge in [0.15, 0.2) is 0 Å². The van der Waals surface area contributed by atoms with Crippen LogP contribution in [0.2, 0.25) is 0 Å². The van der Waals surface area contributed by atoms with Gasteiger partial charge in [0.25, 0.3) is 0 Å². The third kappa shape index (κ3) is 5.11. The van der Waals surface area contributed by atoms with Crippen LogP contribution in [0.4, 0.5) is 18.9 Å². The Morgan fingerprint density at radius 2 is 1.93 bits per heavy atom. The Balaban J connectivity index is 1.65. The van der Waals surface area contributed by atoms with Gasteiger partial charge in [0.1, 0.15) is 5.75 Å². The highest BCUT2D eigenvalue weighted by Gasteiger charge is 2.36. The summed E-state index contributed by atoms with van der Waals surface area (Å²) in [5.74, 6) is -0.665. The van der Waals surface area contributed by atoms with E-state index in [1.54, 1.807) is 0 Å². The monoisotopic (exact) mass is 420 g/mol. The molecule has 1 saturated heterocycles. The number of hydrogen-bond acceptors (Lipinski definition) is 3. The fourth-order valence-electron chi connectivity index (χ4n) is 3.33. The average molecular weight is 420 g/mol. The summed E-state index contributed by atoms with van der Waals surface area (Å²) in [6, 6.07) is 11.9. The van der Waals surface area contributed by atoms with Crippen LogP contribution in [-0.2, 0) is 22.3 Å². The smallest absolute Gasteiger partial charge is 0.416 e. The fourth-order valence-corrected chi connectivity index (χ4v) is 3.33. The quantitative estimate of drug-likeness (QED) is 0.764. The number of nitrogens with one attached hydrogen (secondary N) is 1. The summed E-state index contributed by atoms with van der Waals surface area (Å²) in [4.78, 5) is 26.2. The minimum absolute atomic E-state index is 0.0182. The number of amides is 2. The van der Waals surface area contributed by atoms with Gasteiger partial charge in [-0.3, -0.25) is 9.59 Å². The van der Waals surface area contributed by atoms with Gasteiger partial charge in [0.05, 0.1) is 17.6 Å². The fraction of sp³-hybridized carbons (Fsp3) is 0.364. The number of nitrogens with zero attached hydrogens (tertiary/aromatic N) is 1. The second kappa shape index (κ2) is 8.77. The van der Waals surface area contributed by atoms with Crippen LogP contribution in [-0.4, -0.2) is 24.5 Å². The first-order valence-electron chi connectivity index (χ1n) is 9.65. The second-order valence-corrected chi connectivity index (χ2v) is 7.45. The van der Waals surface area contributed by atoms with Crippen molar-refractivity contribution in [2.24, 2.45) is 5.92 Å². The lowest BCUT2D eigenvalue weighted by molar-refractivity contribution is -0.137. The number of halogens is 3. The lowest BCUT2D eigenvalue weighted by atomic mass is 10.1. The molecule has 8 heteroatoms. The zero-order chi connectivity index (χ0) is 21.9. The maximum Gasteiger partial charge on any atom is 0.416 e. The molecular formula is C22H23F3N2O3. The largest absolute Gasteiger partial charge is 0.491 e. The zero-order valence-corrected chi connectivity index (χ0v) is 16.7. The molecule has 2 amide bonds. The van der Waals surface area contributed by atoms with Gasteiger partial charge in [0, 0.05) is 30.8 Å². The molecule has 1 heterocycles. The molecule has 2 aromatic carbocycles. The van der Waals surface area contributed by atoms with E-state index in [2.05, 4.69) is 5.32 Å². The molecule has 30 heavy (non-hydrogen) atoms. The molecule has 5 nitrogen and oxygen atoms in total. The van der Waals surface area contributed by atoms with Gasteiger partial charge < -0.3 is 15.0 Å². The number of benzene rings is 2. The van der Waals surface area contributed by atoms with Crippen molar-refractivity contribution >= 4 is 17.5 Å². The van der Waals surface area contributed by atoms with Crippen molar-refractivity contribution in [2.45, 2.75) is 39.1 Å². The number of carbonyl (C=O) groups excluding carboxylic acids is 2. The Labute approximate surface area is 172 Å². The van der Waals surface area contributed by atoms with Crippen LogP contribution < -0.4 is 15.0 Å². The molecule has 0 bridgehead atoms. The third-order valence-corrected chi connectivity index (χ3v) is 4.77. The second-order valence-electron chi connectivity index (χ2n) is 7.45. The highest BCUT2D eigenvalue weighted by molar-refractivity contribution is 6.00. The number of para-hydroxylation sites is 1. The molecule has 3 rings (SSSR count). The molecule has 1 fully saturated rings. The molecule has 0 saturated carbocycles. The molecule has 0 unspecified atom stereocenters. The first kappa shape index (κ1) is 21.7. The summed E-state index contributed by atoms with van der Waals surface area (Å²) >= 11 is 0. The molecule has 0 radical (unpaired) electrons. The molecule has 2 aromatic rings. The van der Waals surface area contributed by atoms with Gasteiger partial charge in [-0.15, -0.1) is 0 Å². The highest BCUT2D eigenvalue weighted by atomic mass is 19.4. The van der Waals surface area contributed by atoms with E-state index in [1.165, 1.54) is 17.0 Å². The summed E-state index contributed by atoms with van der Waals surface area (Å²) in [6.07, 6.45) is -4.57. The summed E-state index contributed by atoms with van der Waals surface area (Å²) < 4.78 is 44.6. The van der Waals surface area contributed by atoms with Crippen LogP contribution in [0.5, 0.6) is 5.75 Å². The Bertz CT molecular complexity index is 928. The topological polar surface area (TPSA) is 58.6 Å². The Morgan fingerprint density at radius 3 is 2.63 bits per heavy atom. The predicted molar refractivity (Wildman–Crippen MR) is 106 cm³/mol. The van der Waals surface area contributed by atoms with E-state index in [-0.39, 0.29) is 43.1 Å². The maximum absolute atomic E-state index is 13.0. The number of carbonyl (C=O) groups is 2. The van der Waals surface area contributed by atoms with Crippen LogP contribution in [0.1, 0.15) is 31.4 Å². The third-order valence-electron chi connectivity index (χ3n) is 4.77. The van der Waals surface area contributed by atoms with Crippen molar-refractivity contribution in [1.82, 2.24) is 5.32 Å². The van der Waals surface area contributed by atoms with E-state index in [9.17, 15) is 22.8 Å². The average Bonchev–Trinajstić information content (AvgIpc) is 3.08. The molecule has 1 aliphatic heterocycles. The van der Waals surface area contributed by atoms with Crippen LogP contribution in [0.25, 0.3) is 0 Å². The zero-order valence-electron chi connectivity index (χ0n) is 16.7. The van der Waals surface area contributed by atoms with Crippen LogP contribution in [0.3, 0.4) is 0 Å². The van der Waals surface area contributed by atoms with Crippen molar-refractivity contribution in [3.63, 3.8) is 0 Å². The number of hydrogen-bond donors (Lipinski definition) is 1.